The molecule has 0 heterocycles. The molecule has 0 aromatic carbocycles. The first-order valence-electron chi connectivity index (χ1n) is 1.00. The van der Waals surface area contributed by atoms with Crippen LogP contribution in [0.5, 0.6) is 0 Å². The molecule has 0 amide bonds. The van der Waals surface area contributed by atoms with Crippen molar-refractivity contribution in [2.45, 2.75) is 13.8 Å². The molecule has 4 heavy (non-hydrogen) atoms. The van der Waals surface area contributed by atoms with E-state index in [4.69, 9.17) is 0 Å². The Morgan fingerprint density at radius 1 is 1.25 bits per heavy atom. The van der Waals surface area contributed by atoms with Gasteiger partial charge in [-0.1, -0.05) is 13.8 Å². The first-order chi connectivity index (χ1) is 1.00. The summed E-state index contributed by atoms with van der Waals surface area (Å²) in [7, 11) is 0. The van der Waals surface area contributed by atoms with E-state index in [2.05, 4.69) is 0 Å². The second kappa shape index (κ2) is 24.1. The Hall–Kier alpha value is 1.53. The molecule has 0 saturated carbocycles. The van der Waals surface area contributed by atoms with E-state index in [-0.39, 0.29) is 48.3 Å². The van der Waals surface area contributed by atoms with Crippen LogP contribution in [0.4, 0.5) is 0 Å². The topological polar surface area (TPSA) is 0 Å². The maximum absolute atomic E-state index is 2.00. The molecule has 0 aliphatic rings. The monoisotopic (exact) mass is 81.0 g/mol. The molecule has 0 aliphatic carbocycles. The van der Waals surface area contributed by atoms with E-state index < -0.39 is 0 Å². The molecule has 0 aromatic heterocycles. The van der Waals surface area contributed by atoms with E-state index in [0.29, 0.717) is 0 Å². The van der Waals surface area contributed by atoms with Gasteiger partial charge >= 0.3 is 46.9 Å². The SMILES string of the molecule is CC.[Al+3].[H-].[Na+]. The number of hydrogen-bond acceptors (Lipinski definition) is 0. The van der Waals surface area contributed by atoms with Crippen LogP contribution in [-0.2, 0) is 0 Å². The van der Waals surface area contributed by atoms with Crippen LogP contribution in [0.15, 0.2) is 0 Å². The van der Waals surface area contributed by atoms with Crippen molar-refractivity contribution in [3.8, 4) is 0 Å². The summed E-state index contributed by atoms with van der Waals surface area (Å²) in [4.78, 5) is 0. The van der Waals surface area contributed by atoms with Gasteiger partial charge in [0.2, 0.25) is 0 Å². The smallest absolute Gasteiger partial charge is 1.00 e. The molecule has 0 nitrogen and oxygen atoms in total. The average Bonchev–Trinajstić information content (AvgIpc) is 1.00. The van der Waals surface area contributed by atoms with Gasteiger partial charge < -0.3 is 1.43 Å². The number of rotatable bonds is 0. The molecular formula is C2H7AlNa+3. The van der Waals surface area contributed by atoms with Crippen molar-refractivity contribution >= 4 is 17.4 Å². The van der Waals surface area contributed by atoms with Crippen molar-refractivity contribution in [3.05, 3.63) is 0 Å². The summed E-state index contributed by atoms with van der Waals surface area (Å²) in [6, 6.07) is 0. The molecule has 0 bridgehead atoms. The summed E-state index contributed by atoms with van der Waals surface area (Å²) in [6.07, 6.45) is 0. The van der Waals surface area contributed by atoms with Crippen LogP contribution in [0.1, 0.15) is 15.3 Å². The summed E-state index contributed by atoms with van der Waals surface area (Å²) in [5.74, 6) is 0. The fraction of sp³-hybridized carbons (Fsp3) is 1.00. The van der Waals surface area contributed by atoms with Gasteiger partial charge in [-0.15, -0.1) is 0 Å². The van der Waals surface area contributed by atoms with Crippen molar-refractivity contribution in [2.75, 3.05) is 0 Å². The number of hydrogen-bond donors (Lipinski definition) is 0. The Balaban J connectivity index is -0.00000000167. The Bertz CT molecular complexity index is 9.61. The van der Waals surface area contributed by atoms with Gasteiger partial charge in [-0.3, -0.25) is 0 Å². The van der Waals surface area contributed by atoms with Crippen LogP contribution in [0.2, 0.25) is 0 Å². The van der Waals surface area contributed by atoms with Crippen LogP contribution in [0.25, 0.3) is 0 Å². The maximum Gasteiger partial charge on any atom is 3.00 e. The van der Waals surface area contributed by atoms with Gasteiger partial charge in [0.05, 0.1) is 0 Å². The van der Waals surface area contributed by atoms with E-state index >= 15 is 0 Å². The van der Waals surface area contributed by atoms with E-state index in [1.165, 1.54) is 0 Å². The van der Waals surface area contributed by atoms with Crippen LogP contribution in [0, 0.1) is 0 Å². The third kappa shape index (κ3) is 9.65. The van der Waals surface area contributed by atoms with E-state index in [0.717, 1.165) is 0 Å². The molecule has 0 radical (unpaired) electrons. The Labute approximate surface area is 61.9 Å². The van der Waals surface area contributed by atoms with Gasteiger partial charge in [0, 0.05) is 0 Å². The standard InChI is InChI=1S/C2H6.Al.Na.H/c1-2;;;/h1-2H3;;;/q;+3;+1;-1. The van der Waals surface area contributed by atoms with Crippen molar-refractivity contribution in [3.63, 3.8) is 0 Å². The molecule has 0 aliphatic heterocycles. The third-order valence-corrected chi connectivity index (χ3v) is 0. The molecule has 0 unspecified atom stereocenters. The van der Waals surface area contributed by atoms with Crippen molar-refractivity contribution in [2.24, 2.45) is 0 Å². The van der Waals surface area contributed by atoms with Crippen LogP contribution in [-0.4, -0.2) is 17.4 Å². The van der Waals surface area contributed by atoms with Crippen LogP contribution in [0.3, 0.4) is 0 Å². The summed E-state index contributed by atoms with van der Waals surface area (Å²) in [5, 5.41) is 0. The molecule has 2 heteroatoms. The predicted molar refractivity (Wildman–Crippen MR) is 18.2 cm³/mol. The average molecular weight is 81.0 g/mol. The zero-order valence-corrected chi connectivity index (χ0v) is 6.73. The second-order valence-corrected chi connectivity index (χ2v) is 0. The fourth-order valence-electron chi connectivity index (χ4n) is 0. The first kappa shape index (κ1) is 17.7. The van der Waals surface area contributed by atoms with Crippen molar-refractivity contribution in [1.82, 2.24) is 0 Å². The van der Waals surface area contributed by atoms with Crippen LogP contribution < -0.4 is 29.6 Å². The minimum atomic E-state index is 0. The van der Waals surface area contributed by atoms with Gasteiger partial charge in [-0.2, -0.15) is 0 Å². The molecule has 0 fully saturated rings. The van der Waals surface area contributed by atoms with Crippen molar-refractivity contribution < 1.29 is 31.0 Å². The van der Waals surface area contributed by atoms with E-state index in [1.54, 1.807) is 0 Å². The molecule has 0 atom stereocenters. The zero-order chi connectivity index (χ0) is 2.00. The molecule has 0 spiro atoms. The maximum atomic E-state index is 2.00. The quantitative estimate of drug-likeness (QED) is 0.289. The first-order valence-corrected chi connectivity index (χ1v) is 1.00. The van der Waals surface area contributed by atoms with E-state index in [9.17, 15) is 0 Å². The van der Waals surface area contributed by atoms with Gasteiger partial charge in [0.25, 0.3) is 0 Å². The molecule has 16 valence electrons. The fourth-order valence-corrected chi connectivity index (χ4v) is 0. The van der Waals surface area contributed by atoms with E-state index in [1.807, 2.05) is 13.8 Å². The van der Waals surface area contributed by atoms with Gasteiger partial charge in [0.15, 0.2) is 0 Å². The molecular weight excluding hydrogens is 74.0 g/mol. The minimum absolute atomic E-state index is 0. The summed E-state index contributed by atoms with van der Waals surface area (Å²) < 4.78 is 0. The third-order valence-electron chi connectivity index (χ3n) is 0. The summed E-state index contributed by atoms with van der Waals surface area (Å²) in [6.45, 7) is 4.00. The summed E-state index contributed by atoms with van der Waals surface area (Å²) >= 11 is 0. The Kier molecular flexibility index (Phi) is 107. The Morgan fingerprint density at radius 3 is 1.25 bits per heavy atom. The zero-order valence-electron chi connectivity index (χ0n) is 4.58. The normalized spacial score (nSPS) is 1.50. The van der Waals surface area contributed by atoms with Gasteiger partial charge in [0.1, 0.15) is 0 Å². The predicted octanol–water partition coefficient (Wildman–Crippen LogP) is -2.24. The Morgan fingerprint density at radius 2 is 1.25 bits per heavy atom. The van der Waals surface area contributed by atoms with Gasteiger partial charge in [-0.25, -0.2) is 0 Å². The molecule has 0 aromatic rings. The largest absolute Gasteiger partial charge is 3.00 e. The molecule has 0 N–H and O–H groups in total. The molecule has 0 saturated heterocycles. The van der Waals surface area contributed by atoms with Crippen LogP contribution >= 0.6 is 0 Å². The minimum Gasteiger partial charge on any atom is -1.00 e. The van der Waals surface area contributed by atoms with Gasteiger partial charge in [-0.05, 0) is 0 Å². The second-order valence-electron chi connectivity index (χ2n) is 0. The molecule has 0 rings (SSSR count). The van der Waals surface area contributed by atoms with Crippen molar-refractivity contribution in [1.29, 1.82) is 0 Å². The summed E-state index contributed by atoms with van der Waals surface area (Å²) in [5.41, 5.74) is 0.